The van der Waals surface area contributed by atoms with E-state index in [0.29, 0.717) is 19.1 Å². The highest BCUT2D eigenvalue weighted by Gasteiger charge is 2.23. The fourth-order valence-electron chi connectivity index (χ4n) is 2.14. The van der Waals surface area contributed by atoms with Crippen molar-refractivity contribution in [2.45, 2.75) is 32.4 Å². The molecule has 0 aromatic rings. The fourth-order valence-corrected chi connectivity index (χ4v) is 3.09. The topological polar surface area (TPSA) is 41.6 Å². The van der Waals surface area contributed by atoms with Gasteiger partial charge in [-0.15, -0.1) is 0 Å². The van der Waals surface area contributed by atoms with E-state index in [9.17, 15) is 4.79 Å². The number of nitrogens with zero attached hydrogens (tertiary/aromatic N) is 1. The molecule has 0 saturated carbocycles. The Bertz CT molecular complexity index is 233. The fraction of sp³-hybridized carbons (Fsp3) is 0.917. The van der Waals surface area contributed by atoms with Crippen molar-refractivity contribution >= 4 is 17.7 Å². The molecule has 1 rings (SSSR count). The molecule has 1 saturated heterocycles. The number of likely N-dealkylation sites (N-methyl/N-ethyl adjacent to an activating group) is 1. The number of amides is 1. The van der Waals surface area contributed by atoms with E-state index in [1.54, 1.807) is 7.11 Å². The van der Waals surface area contributed by atoms with Gasteiger partial charge in [0.15, 0.2) is 0 Å². The summed E-state index contributed by atoms with van der Waals surface area (Å²) in [7, 11) is 1.67. The highest BCUT2D eigenvalue weighted by atomic mass is 32.2. The minimum Gasteiger partial charge on any atom is -0.383 e. The van der Waals surface area contributed by atoms with Crippen LogP contribution in [0.5, 0.6) is 0 Å². The van der Waals surface area contributed by atoms with Gasteiger partial charge in [-0.3, -0.25) is 4.79 Å². The molecule has 0 aromatic carbocycles. The van der Waals surface area contributed by atoms with Gasteiger partial charge in [0.2, 0.25) is 5.91 Å². The number of ether oxygens (including phenoxy) is 1. The lowest BCUT2D eigenvalue weighted by atomic mass is 10.2. The maximum Gasteiger partial charge on any atom is 0.224 e. The van der Waals surface area contributed by atoms with Crippen LogP contribution in [0.25, 0.3) is 0 Å². The number of hydrogen-bond donors (Lipinski definition) is 1. The van der Waals surface area contributed by atoms with E-state index in [2.05, 4.69) is 5.32 Å². The molecule has 1 N–H and O–H groups in total. The Morgan fingerprint density at radius 1 is 1.65 bits per heavy atom. The molecule has 2 unspecified atom stereocenters. The largest absolute Gasteiger partial charge is 0.383 e. The molecule has 5 heteroatoms. The molecule has 17 heavy (non-hydrogen) atoms. The number of carbonyl (C=O) groups is 1. The predicted octanol–water partition coefficient (Wildman–Crippen LogP) is 0.965. The van der Waals surface area contributed by atoms with Gasteiger partial charge in [0.05, 0.1) is 12.6 Å². The first kappa shape index (κ1) is 14.8. The Labute approximate surface area is 108 Å². The summed E-state index contributed by atoms with van der Waals surface area (Å²) in [6.07, 6.45) is 0.606. The maximum atomic E-state index is 12.2. The second-order valence-electron chi connectivity index (χ2n) is 4.41. The third-order valence-corrected chi connectivity index (χ3v) is 4.15. The zero-order valence-corrected chi connectivity index (χ0v) is 11.9. The smallest absolute Gasteiger partial charge is 0.224 e. The first-order chi connectivity index (χ1) is 8.19. The molecule has 1 fully saturated rings. The number of rotatable bonds is 6. The Morgan fingerprint density at radius 3 is 2.94 bits per heavy atom. The van der Waals surface area contributed by atoms with Crippen LogP contribution in [0.3, 0.4) is 0 Å². The SMILES string of the molecule is CCN(C(=O)CC1CSCCN1)C(C)COC. The van der Waals surface area contributed by atoms with Crippen molar-refractivity contribution < 1.29 is 9.53 Å². The van der Waals surface area contributed by atoms with Crippen molar-refractivity contribution in [2.24, 2.45) is 0 Å². The highest BCUT2D eigenvalue weighted by Crippen LogP contribution is 2.12. The Hall–Kier alpha value is -0.260. The van der Waals surface area contributed by atoms with Crippen LogP contribution in [-0.2, 0) is 9.53 Å². The van der Waals surface area contributed by atoms with E-state index in [1.807, 2.05) is 30.5 Å². The van der Waals surface area contributed by atoms with Crippen LogP contribution in [-0.4, -0.2) is 61.2 Å². The number of thioether (sulfide) groups is 1. The first-order valence-corrected chi connectivity index (χ1v) is 7.44. The normalized spacial score (nSPS) is 22.2. The van der Waals surface area contributed by atoms with Crippen molar-refractivity contribution in [3.05, 3.63) is 0 Å². The molecule has 100 valence electrons. The van der Waals surface area contributed by atoms with Crippen molar-refractivity contribution in [3.63, 3.8) is 0 Å². The van der Waals surface area contributed by atoms with Crippen molar-refractivity contribution in [1.82, 2.24) is 10.2 Å². The number of nitrogens with one attached hydrogen (secondary N) is 1. The molecule has 0 radical (unpaired) electrons. The van der Waals surface area contributed by atoms with Crippen LogP contribution < -0.4 is 5.32 Å². The maximum absolute atomic E-state index is 12.2. The molecule has 1 aliphatic heterocycles. The van der Waals surface area contributed by atoms with Gasteiger partial charge >= 0.3 is 0 Å². The lowest BCUT2D eigenvalue weighted by Gasteiger charge is -2.30. The van der Waals surface area contributed by atoms with Crippen molar-refractivity contribution in [1.29, 1.82) is 0 Å². The summed E-state index contributed by atoms with van der Waals surface area (Å²) in [4.78, 5) is 14.1. The average Bonchev–Trinajstić information content (AvgIpc) is 2.31. The molecular formula is C12H24N2O2S. The van der Waals surface area contributed by atoms with Crippen LogP contribution in [0.1, 0.15) is 20.3 Å². The predicted molar refractivity (Wildman–Crippen MR) is 72.5 cm³/mol. The summed E-state index contributed by atoms with van der Waals surface area (Å²) in [6, 6.07) is 0.499. The van der Waals surface area contributed by atoms with Gasteiger partial charge in [-0.05, 0) is 13.8 Å². The van der Waals surface area contributed by atoms with Gasteiger partial charge in [0.25, 0.3) is 0 Å². The zero-order chi connectivity index (χ0) is 12.7. The van der Waals surface area contributed by atoms with Gasteiger partial charge in [-0.25, -0.2) is 0 Å². The van der Waals surface area contributed by atoms with Crippen LogP contribution in [0, 0.1) is 0 Å². The molecule has 1 aliphatic rings. The lowest BCUT2D eigenvalue weighted by Crippen LogP contribution is -2.46. The van der Waals surface area contributed by atoms with Gasteiger partial charge in [0, 0.05) is 44.2 Å². The van der Waals surface area contributed by atoms with Gasteiger partial charge in [0.1, 0.15) is 0 Å². The van der Waals surface area contributed by atoms with Gasteiger partial charge in [-0.1, -0.05) is 0 Å². The molecular weight excluding hydrogens is 236 g/mol. The molecule has 4 nitrogen and oxygen atoms in total. The Morgan fingerprint density at radius 2 is 2.41 bits per heavy atom. The van der Waals surface area contributed by atoms with Crippen LogP contribution in [0.4, 0.5) is 0 Å². The second-order valence-corrected chi connectivity index (χ2v) is 5.56. The van der Waals surface area contributed by atoms with Crippen molar-refractivity contribution in [2.75, 3.05) is 38.3 Å². The Balaban J connectivity index is 2.41. The average molecular weight is 260 g/mol. The molecule has 0 bridgehead atoms. The third-order valence-electron chi connectivity index (χ3n) is 3.02. The summed E-state index contributed by atoms with van der Waals surface area (Å²) in [5.41, 5.74) is 0. The molecule has 0 aromatic heterocycles. The summed E-state index contributed by atoms with van der Waals surface area (Å²) in [6.45, 7) is 6.43. The van der Waals surface area contributed by atoms with Crippen LogP contribution in [0.15, 0.2) is 0 Å². The van der Waals surface area contributed by atoms with E-state index in [-0.39, 0.29) is 11.9 Å². The number of carbonyl (C=O) groups excluding carboxylic acids is 1. The molecule has 1 amide bonds. The first-order valence-electron chi connectivity index (χ1n) is 6.28. The Kier molecular flexibility index (Phi) is 6.92. The zero-order valence-electron chi connectivity index (χ0n) is 11.1. The van der Waals surface area contributed by atoms with Crippen LogP contribution >= 0.6 is 11.8 Å². The van der Waals surface area contributed by atoms with E-state index >= 15 is 0 Å². The summed E-state index contributed by atoms with van der Waals surface area (Å²) < 4.78 is 5.11. The van der Waals surface area contributed by atoms with E-state index in [1.165, 1.54) is 0 Å². The quantitative estimate of drug-likeness (QED) is 0.772. The van der Waals surface area contributed by atoms with E-state index < -0.39 is 0 Å². The highest BCUT2D eigenvalue weighted by molar-refractivity contribution is 7.99. The van der Waals surface area contributed by atoms with Gasteiger partial charge in [-0.2, -0.15) is 11.8 Å². The minimum absolute atomic E-state index is 0.161. The third kappa shape index (κ3) is 4.85. The number of hydrogen-bond acceptors (Lipinski definition) is 4. The van der Waals surface area contributed by atoms with Crippen LogP contribution in [0.2, 0.25) is 0 Å². The summed E-state index contributed by atoms with van der Waals surface area (Å²) in [5.74, 6) is 2.43. The standard InChI is InChI=1S/C12H24N2O2S/c1-4-14(10(2)8-16-3)12(15)7-11-9-17-6-5-13-11/h10-11,13H,4-9H2,1-3H3. The molecule has 2 atom stereocenters. The number of methoxy groups -OCH3 is 1. The molecule has 0 spiro atoms. The summed E-state index contributed by atoms with van der Waals surface area (Å²) in [5, 5.41) is 3.40. The lowest BCUT2D eigenvalue weighted by molar-refractivity contribution is -0.134. The minimum atomic E-state index is 0.161. The van der Waals surface area contributed by atoms with E-state index in [0.717, 1.165) is 24.6 Å². The summed E-state index contributed by atoms with van der Waals surface area (Å²) >= 11 is 1.93. The van der Waals surface area contributed by atoms with Crippen molar-refractivity contribution in [3.8, 4) is 0 Å². The molecule has 0 aliphatic carbocycles. The second kappa shape index (κ2) is 7.95. The van der Waals surface area contributed by atoms with Gasteiger partial charge < -0.3 is 15.0 Å². The van der Waals surface area contributed by atoms with E-state index in [4.69, 9.17) is 4.74 Å². The monoisotopic (exact) mass is 260 g/mol. The molecule has 1 heterocycles.